The van der Waals surface area contributed by atoms with Gasteiger partial charge in [0, 0.05) is 44.8 Å². The van der Waals surface area contributed by atoms with Gasteiger partial charge < -0.3 is 14.4 Å². The quantitative estimate of drug-likeness (QED) is 0.742. The second-order valence-electron chi connectivity index (χ2n) is 7.79. The molecule has 1 saturated carbocycles. The molecule has 4 heteroatoms. The maximum atomic E-state index is 5.53. The average Bonchev–Trinajstić information content (AvgIpc) is 3.26. The number of benzene rings is 1. The largest absolute Gasteiger partial charge is 0.497 e. The number of methoxy groups -OCH3 is 2. The maximum Gasteiger partial charge on any atom is 0.123 e. The van der Waals surface area contributed by atoms with Crippen LogP contribution in [0, 0.1) is 17.8 Å². The molecule has 1 aromatic carbocycles. The lowest BCUT2D eigenvalue weighted by atomic mass is 9.93. The Labute approximate surface area is 151 Å². The van der Waals surface area contributed by atoms with Crippen LogP contribution in [0.1, 0.15) is 18.4 Å². The van der Waals surface area contributed by atoms with Crippen LogP contribution in [0.2, 0.25) is 0 Å². The van der Waals surface area contributed by atoms with Crippen molar-refractivity contribution in [1.82, 2.24) is 9.80 Å². The van der Waals surface area contributed by atoms with Crippen molar-refractivity contribution in [2.75, 3.05) is 46.9 Å². The number of piperazine rings is 1. The van der Waals surface area contributed by atoms with Crippen molar-refractivity contribution in [3.05, 3.63) is 35.9 Å². The van der Waals surface area contributed by atoms with E-state index in [9.17, 15) is 0 Å². The van der Waals surface area contributed by atoms with Gasteiger partial charge in [0.25, 0.3) is 0 Å². The Morgan fingerprint density at radius 3 is 2.40 bits per heavy atom. The van der Waals surface area contributed by atoms with Crippen LogP contribution >= 0.6 is 0 Å². The van der Waals surface area contributed by atoms with Gasteiger partial charge in [0.2, 0.25) is 0 Å². The minimum atomic E-state index is 0.865. The maximum absolute atomic E-state index is 5.53. The van der Waals surface area contributed by atoms with Gasteiger partial charge in [-0.15, -0.1) is 0 Å². The zero-order valence-electron chi connectivity index (χ0n) is 15.5. The van der Waals surface area contributed by atoms with Crippen molar-refractivity contribution >= 4 is 0 Å². The molecule has 0 unspecified atom stereocenters. The zero-order valence-corrected chi connectivity index (χ0v) is 15.5. The lowest BCUT2D eigenvalue weighted by Crippen LogP contribution is -2.47. The third-order valence-corrected chi connectivity index (χ3v) is 6.26. The van der Waals surface area contributed by atoms with Gasteiger partial charge in [-0.25, -0.2) is 0 Å². The Balaban J connectivity index is 1.29. The van der Waals surface area contributed by atoms with Gasteiger partial charge in [-0.05, 0) is 48.8 Å². The van der Waals surface area contributed by atoms with Crippen LogP contribution in [-0.2, 0) is 6.54 Å². The molecule has 4 rings (SSSR count). The standard InChI is InChI=1S/C21H30N2O2/c1-24-20-5-6-21(25-2)19(13-20)15-23-9-7-22(8-10-23)14-18-12-16-3-4-17(18)11-16/h3-6,13,16-18H,7-12,14-15H2,1-2H3/t16-,17-,18-/m0/s1. The third-order valence-electron chi connectivity index (χ3n) is 6.26. The second kappa shape index (κ2) is 7.38. The van der Waals surface area contributed by atoms with Crippen molar-refractivity contribution < 1.29 is 9.47 Å². The number of hydrogen-bond acceptors (Lipinski definition) is 4. The summed E-state index contributed by atoms with van der Waals surface area (Å²) in [5.41, 5.74) is 1.22. The molecule has 25 heavy (non-hydrogen) atoms. The first kappa shape index (κ1) is 16.9. The van der Waals surface area contributed by atoms with Gasteiger partial charge in [0.15, 0.2) is 0 Å². The van der Waals surface area contributed by atoms with E-state index >= 15 is 0 Å². The molecule has 0 aromatic heterocycles. The van der Waals surface area contributed by atoms with Crippen LogP contribution in [0.5, 0.6) is 11.5 Å². The number of ether oxygens (including phenoxy) is 2. The Hall–Kier alpha value is -1.52. The summed E-state index contributed by atoms with van der Waals surface area (Å²) >= 11 is 0. The molecule has 1 aliphatic heterocycles. The van der Waals surface area contributed by atoms with Crippen molar-refractivity contribution in [2.24, 2.45) is 17.8 Å². The van der Waals surface area contributed by atoms with Crippen LogP contribution in [0.4, 0.5) is 0 Å². The van der Waals surface area contributed by atoms with E-state index in [-0.39, 0.29) is 0 Å². The smallest absolute Gasteiger partial charge is 0.123 e. The molecule has 2 fully saturated rings. The summed E-state index contributed by atoms with van der Waals surface area (Å²) in [4.78, 5) is 5.22. The highest BCUT2D eigenvalue weighted by Gasteiger charge is 2.36. The first-order valence-electron chi connectivity index (χ1n) is 9.59. The summed E-state index contributed by atoms with van der Waals surface area (Å²) in [5, 5.41) is 0. The second-order valence-corrected chi connectivity index (χ2v) is 7.79. The molecule has 1 saturated heterocycles. The van der Waals surface area contributed by atoms with Gasteiger partial charge in [0.1, 0.15) is 11.5 Å². The van der Waals surface area contributed by atoms with E-state index in [2.05, 4.69) is 28.0 Å². The van der Waals surface area contributed by atoms with E-state index in [1.807, 2.05) is 12.1 Å². The zero-order chi connectivity index (χ0) is 17.2. The van der Waals surface area contributed by atoms with E-state index in [1.165, 1.54) is 38.0 Å². The van der Waals surface area contributed by atoms with Gasteiger partial charge in [-0.2, -0.15) is 0 Å². The molecular weight excluding hydrogens is 312 g/mol. The summed E-state index contributed by atoms with van der Waals surface area (Å²) in [7, 11) is 3.46. The predicted octanol–water partition coefficient (Wildman–Crippen LogP) is 3.03. The Kier molecular flexibility index (Phi) is 5.00. The van der Waals surface area contributed by atoms with E-state index in [4.69, 9.17) is 9.47 Å². The number of nitrogens with zero attached hydrogens (tertiary/aromatic N) is 2. The summed E-state index contributed by atoms with van der Waals surface area (Å²) in [6.45, 7) is 6.87. The molecule has 0 spiro atoms. The molecule has 2 bridgehead atoms. The highest BCUT2D eigenvalue weighted by molar-refractivity contribution is 5.40. The molecule has 4 nitrogen and oxygen atoms in total. The van der Waals surface area contributed by atoms with E-state index in [1.54, 1.807) is 14.2 Å². The number of allylic oxidation sites excluding steroid dienone is 2. The predicted molar refractivity (Wildman–Crippen MR) is 100 cm³/mol. The lowest BCUT2D eigenvalue weighted by molar-refractivity contribution is 0.108. The molecule has 136 valence electrons. The van der Waals surface area contributed by atoms with Crippen molar-refractivity contribution in [2.45, 2.75) is 19.4 Å². The Morgan fingerprint density at radius 2 is 1.76 bits per heavy atom. The van der Waals surface area contributed by atoms with E-state index in [0.717, 1.165) is 48.9 Å². The summed E-state index contributed by atoms with van der Waals surface area (Å²) in [5.74, 6) is 4.51. The topological polar surface area (TPSA) is 24.9 Å². The molecule has 0 radical (unpaired) electrons. The van der Waals surface area contributed by atoms with Crippen LogP contribution in [0.15, 0.2) is 30.4 Å². The Bertz CT molecular complexity index is 622. The molecule has 3 atom stereocenters. The van der Waals surface area contributed by atoms with Crippen LogP contribution < -0.4 is 9.47 Å². The minimum absolute atomic E-state index is 0.865. The lowest BCUT2D eigenvalue weighted by Gasteiger charge is -2.37. The first-order valence-corrected chi connectivity index (χ1v) is 9.59. The first-order chi connectivity index (χ1) is 12.2. The molecular formula is C21H30N2O2. The van der Waals surface area contributed by atoms with E-state index in [0.29, 0.717) is 0 Å². The molecule has 2 aliphatic carbocycles. The fourth-order valence-electron chi connectivity index (χ4n) is 4.81. The van der Waals surface area contributed by atoms with Gasteiger partial charge in [-0.3, -0.25) is 4.90 Å². The molecule has 1 heterocycles. The van der Waals surface area contributed by atoms with Crippen molar-refractivity contribution in [1.29, 1.82) is 0 Å². The highest BCUT2D eigenvalue weighted by atomic mass is 16.5. The minimum Gasteiger partial charge on any atom is -0.497 e. The van der Waals surface area contributed by atoms with Gasteiger partial charge >= 0.3 is 0 Å². The van der Waals surface area contributed by atoms with Gasteiger partial charge in [0.05, 0.1) is 14.2 Å². The SMILES string of the molecule is COc1ccc(OC)c(CN2CCN(C[C@@H]3C[C@H]4C=C[C@H]3C4)CC2)c1. The molecule has 3 aliphatic rings. The molecule has 0 N–H and O–H groups in total. The fourth-order valence-corrected chi connectivity index (χ4v) is 4.81. The van der Waals surface area contributed by atoms with Crippen LogP contribution in [-0.4, -0.2) is 56.7 Å². The Morgan fingerprint density at radius 1 is 0.960 bits per heavy atom. The van der Waals surface area contributed by atoms with Crippen molar-refractivity contribution in [3.63, 3.8) is 0 Å². The monoisotopic (exact) mass is 342 g/mol. The van der Waals surface area contributed by atoms with Crippen molar-refractivity contribution in [3.8, 4) is 11.5 Å². The normalized spacial score (nSPS) is 29.3. The average molecular weight is 342 g/mol. The number of hydrogen-bond donors (Lipinski definition) is 0. The summed E-state index contributed by atoms with van der Waals surface area (Å²) in [6, 6.07) is 6.07. The van der Waals surface area contributed by atoms with E-state index < -0.39 is 0 Å². The van der Waals surface area contributed by atoms with Crippen LogP contribution in [0.3, 0.4) is 0 Å². The third kappa shape index (κ3) is 3.70. The number of rotatable bonds is 6. The van der Waals surface area contributed by atoms with Crippen LogP contribution in [0.25, 0.3) is 0 Å². The highest BCUT2D eigenvalue weighted by Crippen LogP contribution is 2.43. The summed E-state index contributed by atoms with van der Waals surface area (Å²) < 4.78 is 10.9. The summed E-state index contributed by atoms with van der Waals surface area (Å²) in [6.07, 6.45) is 7.76. The fraction of sp³-hybridized carbons (Fsp3) is 0.619. The number of fused-ring (bicyclic) bond motifs is 2. The van der Waals surface area contributed by atoms with Gasteiger partial charge in [-0.1, -0.05) is 12.2 Å². The molecule has 0 amide bonds. The molecule has 1 aromatic rings.